The Bertz CT molecular complexity index is 450. The molecule has 0 spiro atoms. The van der Waals surface area contributed by atoms with Gasteiger partial charge in [0, 0.05) is 5.39 Å². The van der Waals surface area contributed by atoms with Crippen LogP contribution in [-0.2, 0) is 0 Å². The second-order valence-electron chi connectivity index (χ2n) is 2.63. The Labute approximate surface area is 80.0 Å². The van der Waals surface area contributed by atoms with Crippen molar-refractivity contribution in [2.24, 2.45) is 0 Å². The average Bonchev–Trinajstić information content (AvgIpc) is 2.43. The van der Waals surface area contributed by atoms with Gasteiger partial charge in [0.1, 0.15) is 0 Å². The zero-order valence-corrected chi connectivity index (χ0v) is 7.76. The van der Waals surface area contributed by atoms with Crippen LogP contribution in [0, 0.1) is 0 Å². The Morgan fingerprint density at radius 1 is 1.46 bits per heavy atom. The van der Waals surface area contributed by atoms with Gasteiger partial charge in [0.15, 0.2) is 11.3 Å². The van der Waals surface area contributed by atoms with Crippen molar-refractivity contribution < 1.29 is 9.15 Å². The third-order valence-corrected chi connectivity index (χ3v) is 2.17. The maximum absolute atomic E-state index is 5.73. The lowest BCUT2D eigenvalue weighted by molar-refractivity contribution is 0.410. The van der Waals surface area contributed by atoms with E-state index < -0.39 is 0 Å². The Balaban J connectivity index is 2.84. The summed E-state index contributed by atoms with van der Waals surface area (Å²) >= 11 is 5.73. The van der Waals surface area contributed by atoms with E-state index in [4.69, 9.17) is 26.5 Å². The van der Waals surface area contributed by atoms with Crippen molar-refractivity contribution in [3.05, 3.63) is 23.4 Å². The van der Waals surface area contributed by atoms with Crippen LogP contribution in [0.15, 0.2) is 22.6 Å². The molecule has 1 aromatic heterocycles. The molecule has 0 atom stereocenters. The lowest BCUT2D eigenvalue weighted by Crippen LogP contribution is -1.84. The molecule has 4 heteroatoms. The van der Waals surface area contributed by atoms with Crippen molar-refractivity contribution in [1.29, 1.82) is 0 Å². The van der Waals surface area contributed by atoms with E-state index in [9.17, 15) is 0 Å². The summed E-state index contributed by atoms with van der Waals surface area (Å²) in [5.41, 5.74) is 6.73. The van der Waals surface area contributed by atoms with Crippen LogP contribution >= 0.6 is 11.6 Å². The first-order valence-corrected chi connectivity index (χ1v) is 4.12. The summed E-state index contributed by atoms with van der Waals surface area (Å²) in [6.07, 6.45) is 0. The van der Waals surface area contributed by atoms with Crippen LogP contribution in [0.25, 0.3) is 11.0 Å². The van der Waals surface area contributed by atoms with Gasteiger partial charge in [0.05, 0.1) is 12.8 Å². The van der Waals surface area contributed by atoms with Crippen LogP contribution in [0.3, 0.4) is 0 Å². The molecule has 0 unspecified atom stereocenters. The first kappa shape index (κ1) is 8.26. The maximum Gasteiger partial charge on any atom is 0.217 e. The minimum Gasteiger partial charge on any atom is -0.493 e. The SMILES string of the molecule is COc1cccc2c(N)c(Cl)oc12. The van der Waals surface area contributed by atoms with Gasteiger partial charge in [-0.2, -0.15) is 0 Å². The summed E-state index contributed by atoms with van der Waals surface area (Å²) in [5, 5.41) is 0.990. The lowest BCUT2D eigenvalue weighted by atomic mass is 10.2. The highest BCUT2D eigenvalue weighted by atomic mass is 35.5. The fourth-order valence-electron chi connectivity index (χ4n) is 1.24. The molecule has 2 rings (SSSR count). The van der Waals surface area contributed by atoms with E-state index in [1.807, 2.05) is 12.1 Å². The molecule has 1 heterocycles. The number of nitrogen functional groups attached to an aromatic ring is 1. The van der Waals surface area contributed by atoms with Crippen LogP contribution in [0.5, 0.6) is 5.75 Å². The predicted molar refractivity (Wildman–Crippen MR) is 52.2 cm³/mol. The number of hydrogen-bond donors (Lipinski definition) is 1. The summed E-state index contributed by atoms with van der Waals surface area (Å²) in [6.45, 7) is 0. The number of para-hydroxylation sites is 1. The van der Waals surface area contributed by atoms with Gasteiger partial charge in [-0.3, -0.25) is 0 Å². The summed E-state index contributed by atoms with van der Waals surface area (Å²) < 4.78 is 10.3. The van der Waals surface area contributed by atoms with Crippen LogP contribution in [0.2, 0.25) is 5.22 Å². The fraction of sp³-hybridized carbons (Fsp3) is 0.111. The van der Waals surface area contributed by atoms with Gasteiger partial charge in [-0.15, -0.1) is 0 Å². The first-order chi connectivity index (χ1) is 6.24. The molecule has 0 radical (unpaired) electrons. The molecule has 0 amide bonds. The number of methoxy groups -OCH3 is 1. The zero-order valence-electron chi connectivity index (χ0n) is 7.00. The Morgan fingerprint density at radius 3 is 2.92 bits per heavy atom. The molecule has 0 fully saturated rings. The van der Waals surface area contributed by atoms with Gasteiger partial charge in [0.25, 0.3) is 0 Å². The van der Waals surface area contributed by atoms with Gasteiger partial charge in [0.2, 0.25) is 5.22 Å². The molecular weight excluding hydrogens is 190 g/mol. The van der Waals surface area contributed by atoms with Crippen molar-refractivity contribution in [2.45, 2.75) is 0 Å². The monoisotopic (exact) mass is 197 g/mol. The van der Waals surface area contributed by atoms with Crippen LogP contribution in [-0.4, -0.2) is 7.11 Å². The van der Waals surface area contributed by atoms with E-state index >= 15 is 0 Å². The standard InChI is InChI=1S/C9H8ClNO2/c1-12-6-4-2-3-5-7(11)9(10)13-8(5)6/h2-4H,11H2,1H3. The number of fused-ring (bicyclic) bond motifs is 1. The van der Waals surface area contributed by atoms with E-state index in [-0.39, 0.29) is 5.22 Å². The van der Waals surface area contributed by atoms with E-state index in [0.717, 1.165) is 5.39 Å². The molecule has 0 aliphatic rings. The molecule has 3 nitrogen and oxygen atoms in total. The highest BCUT2D eigenvalue weighted by Gasteiger charge is 2.12. The zero-order chi connectivity index (χ0) is 9.42. The number of halogens is 1. The van der Waals surface area contributed by atoms with Crippen molar-refractivity contribution in [3.63, 3.8) is 0 Å². The smallest absolute Gasteiger partial charge is 0.217 e. The quantitative estimate of drug-likeness (QED) is 0.765. The van der Waals surface area contributed by atoms with Crippen LogP contribution < -0.4 is 10.5 Å². The number of nitrogens with two attached hydrogens (primary N) is 1. The van der Waals surface area contributed by atoms with Gasteiger partial charge in [-0.05, 0) is 23.7 Å². The Kier molecular flexibility index (Phi) is 1.81. The molecule has 13 heavy (non-hydrogen) atoms. The minimum absolute atomic E-state index is 0.208. The third kappa shape index (κ3) is 1.12. The average molecular weight is 198 g/mol. The highest BCUT2D eigenvalue weighted by molar-refractivity contribution is 6.33. The van der Waals surface area contributed by atoms with Crippen molar-refractivity contribution in [2.75, 3.05) is 12.8 Å². The molecule has 0 bridgehead atoms. The second-order valence-corrected chi connectivity index (χ2v) is 2.97. The van der Waals surface area contributed by atoms with Gasteiger partial charge in [-0.25, -0.2) is 0 Å². The summed E-state index contributed by atoms with van der Waals surface area (Å²) in [5.74, 6) is 0.635. The third-order valence-electron chi connectivity index (χ3n) is 1.89. The Hall–Kier alpha value is -1.35. The summed E-state index contributed by atoms with van der Waals surface area (Å²) in [6, 6.07) is 5.47. The molecule has 0 saturated heterocycles. The largest absolute Gasteiger partial charge is 0.493 e. The molecule has 68 valence electrons. The molecule has 1 aromatic carbocycles. The van der Waals surface area contributed by atoms with Gasteiger partial charge < -0.3 is 14.9 Å². The van der Waals surface area contributed by atoms with Crippen molar-refractivity contribution in [3.8, 4) is 5.75 Å². The number of rotatable bonds is 1. The normalized spacial score (nSPS) is 10.6. The van der Waals surface area contributed by atoms with Crippen molar-refractivity contribution in [1.82, 2.24) is 0 Å². The van der Waals surface area contributed by atoms with Gasteiger partial charge in [-0.1, -0.05) is 6.07 Å². The maximum atomic E-state index is 5.73. The minimum atomic E-state index is 0.208. The molecule has 2 aromatic rings. The van der Waals surface area contributed by atoms with E-state index in [1.165, 1.54) is 0 Å². The summed E-state index contributed by atoms with van der Waals surface area (Å²) in [7, 11) is 1.57. The fourth-order valence-corrected chi connectivity index (χ4v) is 1.42. The number of ether oxygens (including phenoxy) is 1. The molecule has 2 N–H and O–H groups in total. The first-order valence-electron chi connectivity index (χ1n) is 3.74. The van der Waals surface area contributed by atoms with Crippen LogP contribution in [0.1, 0.15) is 0 Å². The number of benzene rings is 1. The topological polar surface area (TPSA) is 48.4 Å². The van der Waals surface area contributed by atoms with Crippen molar-refractivity contribution >= 4 is 28.3 Å². The van der Waals surface area contributed by atoms with E-state index in [1.54, 1.807) is 13.2 Å². The van der Waals surface area contributed by atoms with E-state index in [2.05, 4.69) is 0 Å². The number of furan rings is 1. The number of anilines is 1. The lowest BCUT2D eigenvalue weighted by Gasteiger charge is -1.98. The molecule has 0 aliphatic heterocycles. The summed E-state index contributed by atoms with van der Waals surface area (Å²) in [4.78, 5) is 0. The molecule has 0 aliphatic carbocycles. The molecule has 0 saturated carbocycles. The molecular formula is C9H8ClNO2. The predicted octanol–water partition coefficient (Wildman–Crippen LogP) is 2.68. The second kappa shape index (κ2) is 2.85. The van der Waals surface area contributed by atoms with Gasteiger partial charge >= 0.3 is 0 Å². The Morgan fingerprint density at radius 2 is 2.23 bits per heavy atom. The van der Waals surface area contributed by atoms with Crippen LogP contribution in [0.4, 0.5) is 5.69 Å². The number of hydrogen-bond acceptors (Lipinski definition) is 3. The van der Waals surface area contributed by atoms with E-state index in [0.29, 0.717) is 17.0 Å². The highest BCUT2D eigenvalue weighted by Crippen LogP contribution is 2.36.